The standard InChI is InChI=1S/C25H28N2O7/c1-24(2)29-14-18(32-24)19-20-21(34-25(3,4)33-20)23(30-19)31-22(28)15-10-12-17(13-11-15)27-26-16-8-6-5-7-9-16/h5-13,18-21,23H,14H2,1-4H3. The molecule has 34 heavy (non-hydrogen) atoms. The molecule has 5 rings (SSSR count). The van der Waals surface area contributed by atoms with Crippen molar-refractivity contribution < 1.29 is 33.2 Å². The minimum atomic E-state index is -0.936. The molecule has 3 saturated heterocycles. The average Bonchev–Trinajstić information content (AvgIpc) is 3.43. The van der Waals surface area contributed by atoms with Gasteiger partial charge in [0.05, 0.1) is 23.5 Å². The van der Waals surface area contributed by atoms with Gasteiger partial charge in [-0.3, -0.25) is 0 Å². The van der Waals surface area contributed by atoms with Gasteiger partial charge in [-0.05, 0) is 64.1 Å². The predicted octanol–water partition coefficient (Wildman–Crippen LogP) is 4.66. The first-order chi connectivity index (χ1) is 16.2. The summed E-state index contributed by atoms with van der Waals surface area (Å²) in [6.07, 6.45) is -2.81. The van der Waals surface area contributed by atoms with E-state index in [0.29, 0.717) is 17.9 Å². The van der Waals surface area contributed by atoms with Crippen LogP contribution in [-0.4, -0.2) is 54.9 Å². The van der Waals surface area contributed by atoms with E-state index < -0.39 is 42.1 Å². The normalized spacial score (nSPS) is 31.6. The van der Waals surface area contributed by atoms with Crippen LogP contribution in [-0.2, 0) is 28.4 Å². The summed E-state index contributed by atoms with van der Waals surface area (Å²) in [6.45, 7) is 7.68. The topological polar surface area (TPSA) is 97.2 Å². The molecule has 0 radical (unpaired) electrons. The lowest BCUT2D eigenvalue weighted by atomic mass is 10.1. The summed E-state index contributed by atoms with van der Waals surface area (Å²) in [5.41, 5.74) is 1.73. The second kappa shape index (κ2) is 8.83. The molecule has 3 heterocycles. The van der Waals surface area contributed by atoms with Gasteiger partial charge in [0.1, 0.15) is 18.3 Å². The Morgan fingerprint density at radius 1 is 0.824 bits per heavy atom. The van der Waals surface area contributed by atoms with E-state index in [1.807, 2.05) is 58.0 Å². The molecule has 3 aliphatic rings. The van der Waals surface area contributed by atoms with Crippen molar-refractivity contribution in [2.45, 2.75) is 70.0 Å². The molecule has 0 spiro atoms. The second-order valence-electron chi connectivity index (χ2n) is 9.39. The van der Waals surface area contributed by atoms with E-state index in [1.165, 1.54) is 0 Å². The first kappa shape index (κ1) is 23.1. The summed E-state index contributed by atoms with van der Waals surface area (Å²) in [6, 6.07) is 16.1. The molecule has 9 nitrogen and oxygen atoms in total. The largest absolute Gasteiger partial charge is 0.429 e. The van der Waals surface area contributed by atoms with Crippen molar-refractivity contribution in [3.05, 3.63) is 60.2 Å². The second-order valence-corrected chi connectivity index (χ2v) is 9.39. The fraction of sp³-hybridized carbons (Fsp3) is 0.480. The minimum absolute atomic E-state index is 0.352. The molecule has 5 unspecified atom stereocenters. The van der Waals surface area contributed by atoms with Crippen LogP contribution in [0.4, 0.5) is 11.4 Å². The Balaban J connectivity index is 1.26. The van der Waals surface area contributed by atoms with Crippen LogP contribution in [0.3, 0.4) is 0 Å². The fourth-order valence-electron chi connectivity index (χ4n) is 4.31. The van der Waals surface area contributed by atoms with Crippen LogP contribution in [0.15, 0.2) is 64.8 Å². The van der Waals surface area contributed by atoms with E-state index >= 15 is 0 Å². The molecule has 0 aliphatic carbocycles. The van der Waals surface area contributed by atoms with E-state index in [-0.39, 0.29) is 6.10 Å². The summed E-state index contributed by atoms with van der Waals surface area (Å²) >= 11 is 0. The molecule has 0 amide bonds. The highest BCUT2D eigenvalue weighted by atomic mass is 16.8. The van der Waals surface area contributed by atoms with E-state index in [0.717, 1.165) is 5.69 Å². The quantitative estimate of drug-likeness (QED) is 0.465. The van der Waals surface area contributed by atoms with Crippen LogP contribution in [0, 0.1) is 0 Å². The smallest absolute Gasteiger partial charge is 0.340 e. The zero-order valence-corrected chi connectivity index (χ0v) is 19.5. The van der Waals surface area contributed by atoms with Gasteiger partial charge >= 0.3 is 5.97 Å². The van der Waals surface area contributed by atoms with Crippen molar-refractivity contribution in [2.75, 3.05) is 6.61 Å². The average molecular weight is 469 g/mol. The lowest BCUT2D eigenvalue weighted by Gasteiger charge is -2.26. The van der Waals surface area contributed by atoms with E-state index in [4.69, 9.17) is 28.4 Å². The Morgan fingerprint density at radius 2 is 1.47 bits per heavy atom. The van der Waals surface area contributed by atoms with Gasteiger partial charge in [-0.25, -0.2) is 4.79 Å². The summed E-state index contributed by atoms with van der Waals surface area (Å²) in [5, 5.41) is 8.37. The molecule has 0 aromatic heterocycles. The van der Waals surface area contributed by atoms with Crippen LogP contribution in [0.5, 0.6) is 0 Å². The van der Waals surface area contributed by atoms with Crippen LogP contribution in [0.2, 0.25) is 0 Å². The van der Waals surface area contributed by atoms with Crippen LogP contribution < -0.4 is 0 Å². The number of carbonyl (C=O) groups is 1. The number of hydrogen-bond acceptors (Lipinski definition) is 9. The molecule has 2 aromatic rings. The molecule has 0 bridgehead atoms. The number of carbonyl (C=O) groups excluding carboxylic acids is 1. The monoisotopic (exact) mass is 468 g/mol. The van der Waals surface area contributed by atoms with Crippen LogP contribution in [0.25, 0.3) is 0 Å². The highest BCUT2D eigenvalue weighted by Crippen LogP contribution is 2.42. The molecule has 0 N–H and O–H groups in total. The van der Waals surface area contributed by atoms with Gasteiger partial charge in [0.25, 0.3) is 0 Å². The van der Waals surface area contributed by atoms with E-state index in [9.17, 15) is 4.79 Å². The molecule has 5 atom stereocenters. The van der Waals surface area contributed by atoms with Crippen molar-refractivity contribution in [2.24, 2.45) is 10.2 Å². The molecule has 9 heteroatoms. The van der Waals surface area contributed by atoms with Crippen molar-refractivity contribution in [1.82, 2.24) is 0 Å². The Kier molecular flexibility index (Phi) is 5.99. The lowest BCUT2D eigenvalue weighted by Crippen LogP contribution is -2.40. The molecule has 180 valence electrons. The SMILES string of the molecule is CC1(C)OCC(C2OC(OC(=O)c3ccc(N=Nc4ccccc4)cc3)C3OC(C)(C)OC23)O1. The first-order valence-corrected chi connectivity index (χ1v) is 11.3. The molecule has 3 aliphatic heterocycles. The van der Waals surface area contributed by atoms with Gasteiger partial charge in [0.2, 0.25) is 6.29 Å². The highest BCUT2D eigenvalue weighted by Gasteiger charge is 2.60. The molecular formula is C25H28N2O7. The van der Waals surface area contributed by atoms with E-state index in [2.05, 4.69) is 10.2 Å². The Bertz CT molecular complexity index is 1050. The first-order valence-electron chi connectivity index (χ1n) is 11.3. The third-order valence-electron chi connectivity index (χ3n) is 5.81. The Hall–Kier alpha value is -2.69. The Morgan fingerprint density at radius 3 is 2.12 bits per heavy atom. The lowest BCUT2D eigenvalue weighted by molar-refractivity contribution is -0.235. The van der Waals surface area contributed by atoms with Crippen LogP contribution in [0.1, 0.15) is 38.1 Å². The molecule has 3 fully saturated rings. The molecular weight excluding hydrogens is 440 g/mol. The zero-order valence-electron chi connectivity index (χ0n) is 19.5. The van der Waals surface area contributed by atoms with Crippen LogP contribution >= 0.6 is 0 Å². The summed E-state index contributed by atoms with van der Waals surface area (Å²) in [4.78, 5) is 12.9. The maximum atomic E-state index is 12.9. The van der Waals surface area contributed by atoms with Gasteiger partial charge in [-0.15, -0.1) is 0 Å². The van der Waals surface area contributed by atoms with Crippen molar-refractivity contribution >= 4 is 17.3 Å². The molecule has 0 saturated carbocycles. The van der Waals surface area contributed by atoms with Gasteiger partial charge in [0, 0.05) is 0 Å². The maximum absolute atomic E-state index is 12.9. The number of azo groups is 1. The number of fused-ring (bicyclic) bond motifs is 1. The van der Waals surface area contributed by atoms with Crippen molar-refractivity contribution in [3.8, 4) is 0 Å². The highest BCUT2D eigenvalue weighted by molar-refractivity contribution is 5.89. The van der Waals surface area contributed by atoms with Gasteiger partial charge in [0.15, 0.2) is 17.7 Å². The maximum Gasteiger partial charge on any atom is 0.340 e. The number of esters is 1. The van der Waals surface area contributed by atoms with Crippen molar-refractivity contribution in [3.63, 3.8) is 0 Å². The summed E-state index contributed by atoms with van der Waals surface area (Å²) in [7, 11) is 0. The zero-order chi connectivity index (χ0) is 23.9. The third-order valence-corrected chi connectivity index (χ3v) is 5.81. The minimum Gasteiger partial charge on any atom is -0.429 e. The number of ether oxygens (including phenoxy) is 6. The number of rotatable bonds is 5. The molecule has 2 aromatic carbocycles. The van der Waals surface area contributed by atoms with Crippen molar-refractivity contribution in [1.29, 1.82) is 0 Å². The summed E-state index contributed by atoms with van der Waals surface area (Å²) in [5.74, 6) is -2.08. The number of hydrogen-bond donors (Lipinski definition) is 0. The van der Waals surface area contributed by atoms with Gasteiger partial charge in [-0.1, -0.05) is 18.2 Å². The number of benzene rings is 2. The van der Waals surface area contributed by atoms with E-state index in [1.54, 1.807) is 24.3 Å². The fourth-order valence-corrected chi connectivity index (χ4v) is 4.31. The third kappa shape index (κ3) is 4.89. The summed E-state index contributed by atoms with van der Waals surface area (Å²) < 4.78 is 35.5. The van der Waals surface area contributed by atoms with Gasteiger partial charge in [-0.2, -0.15) is 10.2 Å². The number of nitrogens with zero attached hydrogens (tertiary/aromatic N) is 2. The Labute approximate surface area is 198 Å². The predicted molar refractivity (Wildman–Crippen MR) is 120 cm³/mol. The van der Waals surface area contributed by atoms with Gasteiger partial charge < -0.3 is 28.4 Å².